The van der Waals surface area contributed by atoms with E-state index in [-0.39, 0.29) is 0 Å². The van der Waals surface area contributed by atoms with E-state index >= 15 is 0 Å². The first-order valence-corrected chi connectivity index (χ1v) is 6.78. The van der Waals surface area contributed by atoms with Crippen LogP contribution in [0.2, 0.25) is 0 Å². The molecule has 0 unspecified atom stereocenters. The second-order valence-corrected chi connectivity index (χ2v) is 5.44. The topological polar surface area (TPSA) is 12.0 Å². The Morgan fingerprint density at radius 2 is 1.87 bits per heavy atom. The van der Waals surface area contributed by atoms with Gasteiger partial charge in [0, 0.05) is 21.5 Å². The number of hydrogen-bond donors (Lipinski definition) is 1. The van der Waals surface area contributed by atoms with Crippen molar-refractivity contribution < 1.29 is 0 Å². The van der Waals surface area contributed by atoms with Gasteiger partial charge in [0.1, 0.15) is 0 Å². The maximum absolute atomic E-state index is 3.45. The summed E-state index contributed by atoms with van der Waals surface area (Å²) in [5.74, 6) is 0. The van der Waals surface area contributed by atoms with Crippen molar-refractivity contribution in [3.8, 4) is 0 Å². The maximum atomic E-state index is 3.45. The Kier molecular flexibility index (Phi) is 4.17. The standard InChI is InChI=1S/C12H12INS/c13-11-6-7-15-12(11)9-14-8-10-4-2-1-3-5-10/h1-7,14H,8-9H2. The third kappa shape index (κ3) is 3.29. The quantitative estimate of drug-likeness (QED) is 0.845. The first kappa shape index (κ1) is 11.1. The van der Waals surface area contributed by atoms with Gasteiger partial charge in [0.05, 0.1) is 0 Å². The fourth-order valence-corrected chi connectivity index (χ4v) is 3.10. The van der Waals surface area contributed by atoms with E-state index in [1.807, 2.05) is 17.4 Å². The van der Waals surface area contributed by atoms with Gasteiger partial charge in [0.15, 0.2) is 0 Å². The summed E-state index contributed by atoms with van der Waals surface area (Å²) >= 11 is 4.20. The van der Waals surface area contributed by atoms with E-state index in [2.05, 4.69) is 63.6 Å². The molecule has 1 N–H and O–H groups in total. The van der Waals surface area contributed by atoms with Gasteiger partial charge in [-0.2, -0.15) is 0 Å². The minimum atomic E-state index is 0.939. The predicted octanol–water partition coefficient (Wildman–Crippen LogP) is 3.64. The van der Waals surface area contributed by atoms with E-state index in [9.17, 15) is 0 Å². The van der Waals surface area contributed by atoms with Crippen molar-refractivity contribution in [3.63, 3.8) is 0 Å². The van der Waals surface area contributed by atoms with Gasteiger partial charge < -0.3 is 5.32 Å². The molecule has 2 aromatic rings. The predicted molar refractivity (Wildman–Crippen MR) is 74.0 cm³/mol. The van der Waals surface area contributed by atoms with E-state index in [1.54, 1.807) is 0 Å². The molecular formula is C12H12INS. The fraction of sp³-hybridized carbons (Fsp3) is 0.167. The summed E-state index contributed by atoms with van der Waals surface area (Å²) in [6.07, 6.45) is 0. The van der Waals surface area contributed by atoms with E-state index in [1.165, 1.54) is 14.0 Å². The van der Waals surface area contributed by atoms with Crippen LogP contribution in [0.1, 0.15) is 10.4 Å². The van der Waals surface area contributed by atoms with Crippen LogP contribution in [-0.4, -0.2) is 0 Å². The molecule has 0 saturated carbocycles. The van der Waals surface area contributed by atoms with Crippen molar-refractivity contribution >= 4 is 33.9 Å². The molecule has 0 aliphatic rings. The van der Waals surface area contributed by atoms with Gasteiger partial charge in [-0.1, -0.05) is 30.3 Å². The number of halogens is 1. The number of thiophene rings is 1. The second kappa shape index (κ2) is 5.63. The molecule has 0 aliphatic carbocycles. The van der Waals surface area contributed by atoms with Crippen molar-refractivity contribution in [1.29, 1.82) is 0 Å². The molecule has 0 bridgehead atoms. The summed E-state index contributed by atoms with van der Waals surface area (Å²) in [7, 11) is 0. The molecule has 3 heteroatoms. The van der Waals surface area contributed by atoms with Crippen molar-refractivity contribution in [3.05, 3.63) is 55.8 Å². The molecule has 1 aromatic heterocycles. The summed E-state index contributed by atoms with van der Waals surface area (Å²) in [5, 5.41) is 5.59. The molecule has 1 heterocycles. The molecule has 0 radical (unpaired) electrons. The Hall–Kier alpha value is -0.390. The Labute approximate surface area is 108 Å². The lowest BCUT2D eigenvalue weighted by Crippen LogP contribution is -2.12. The van der Waals surface area contributed by atoms with E-state index in [0.29, 0.717) is 0 Å². The first-order valence-electron chi connectivity index (χ1n) is 4.83. The zero-order valence-electron chi connectivity index (χ0n) is 8.24. The zero-order chi connectivity index (χ0) is 10.5. The van der Waals surface area contributed by atoms with Crippen LogP contribution in [0, 0.1) is 3.57 Å². The highest BCUT2D eigenvalue weighted by Gasteiger charge is 1.99. The molecule has 0 spiro atoms. The Bertz CT molecular complexity index is 411. The monoisotopic (exact) mass is 329 g/mol. The van der Waals surface area contributed by atoms with Crippen molar-refractivity contribution in [1.82, 2.24) is 5.32 Å². The Morgan fingerprint density at radius 1 is 1.07 bits per heavy atom. The summed E-state index contributed by atoms with van der Waals surface area (Å²) in [5.41, 5.74) is 1.34. The van der Waals surface area contributed by atoms with Gasteiger partial charge in [-0.15, -0.1) is 11.3 Å². The smallest absolute Gasteiger partial charge is 0.0317 e. The van der Waals surface area contributed by atoms with Crippen LogP contribution in [0.25, 0.3) is 0 Å². The highest BCUT2D eigenvalue weighted by atomic mass is 127. The van der Waals surface area contributed by atoms with E-state index in [0.717, 1.165) is 13.1 Å². The molecule has 1 aromatic carbocycles. The Morgan fingerprint density at radius 3 is 2.53 bits per heavy atom. The molecule has 0 amide bonds. The van der Waals surface area contributed by atoms with Crippen molar-refractivity contribution in [2.24, 2.45) is 0 Å². The van der Waals surface area contributed by atoms with Gasteiger partial charge in [-0.25, -0.2) is 0 Å². The first-order chi connectivity index (χ1) is 7.36. The van der Waals surface area contributed by atoms with Crippen LogP contribution in [0.4, 0.5) is 0 Å². The third-order valence-corrected chi connectivity index (χ3v) is 4.45. The van der Waals surface area contributed by atoms with Crippen LogP contribution in [0.15, 0.2) is 41.8 Å². The largest absolute Gasteiger partial charge is 0.308 e. The number of benzene rings is 1. The molecule has 0 aliphatic heterocycles. The van der Waals surface area contributed by atoms with Crippen molar-refractivity contribution in [2.45, 2.75) is 13.1 Å². The molecule has 2 rings (SSSR count). The van der Waals surface area contributed by atoms with Crippen LogP contribution in [0.3, 0.4) is 0 Å². The van der Waals surface area contributed by atoms with Gasteiger partial charge in [0.25, 0.3) is 0 Å². The lowest BCUT2D eigenvalue weighted by Gasteiger charge is -2.03. The van der Waals surface area contributed by atoms with Crippen LogP contribution >= 0.6 is 33.9 Å². The normalized spacial score (nSPS) is 10.5. The van der Waals surface area contributed by atoms with Crippen LogP contribution < -0.4 is 5.32 Å². The van der Waals surface area contributed by atoms with Gasteiger partial charge in [0.2, 0.25) is 0 Å². The highest BCUT2D eigenvalue weighted by molar-refractivity contribution is 14.1. The molecular weight excluding hydrogens is 317 g/mol. The number of nitrogens with one attached hydrogen (secondary N) is 1. The summed E-state index contributed by atoms with van der Waals surface area (Å²) in [6, 6.07) is 12.6. The third-order valence-electron chi connectivity index (χ3n) is 2.15. The molecule has 0 atom stereocenters. The average Bonchev–Trinajstić information content (AvgIpc) is 2.66. The Balaban J connectivity index is 1.83. The van der Waals surface area contributed by atoms with Gasteiger partial charge in [-0.3, -0.25) is 0 Å². The second-order valence-electron chi connectivity index (χ2n) is 3.28. The lowest BCUT2D eigenvalue weighted by molar-refractivity contribution is 0.699. The summed E-state index contributed by atoms with van der Waals surface area (Å²) in [4.78, 5) is 1.42. The fourth-order valence-electron chi connectivity index (χ4n) is 1.37. The minimum Gasteiger partial charge on any atom is -0.308 e. The maximum Gasteiger partial charge on any atom is 0.0317 e. The van der Waals surface area contributed by atoms with Gasteiger partial charge in [-0.05, 0) is 39.6 Å². The van der Waals surface area contributed by atoms with E-state index in [4.69, 9.17) is 0 Å². The average molecular weight is 329 g/mol. The number of hydrogen-bond acceptors (Lipinski definition) is 2. The van der Waals surface area contributed by atoms with Crippen molar-refractivity contribution in [2.75, 3.05) is 0 Å². The summed E-state index contributed by atoms with van der Waals surface area (Å²) in [6.45, 7) is 1.90. The molecule has 0 saturated heterocycles. The molecule has 15 heavy (non-hydrogen) atoms. The van der Waals surface area contributed by atoms with E-state index < -0.39 is 0 Å². The molecule has 0 fully saturated rings. The number of rotatable bonds is 4. The SMILES string of the molecule is Ic1ccsc1CNCc1ccccc1. The highest BCUT2D eigenvalue weighted by Crippen LogP contribution is 2.18. The lowest BCUT2D eigenvalue weighted by atomic mass is 10.2. The van der Waals surface area contributed by atoms with Crippen LogP contribution in [0.5, 0.6) is 0 Å². The van der Waals surface area contributed by atoms with Crippen LogP contribution in [-0.2, 0) is 13.1 Å². The van der Waals surface area contributed by atoms with Gasteiger partial charge >= 0.3 is 0 Å². The molecule has 78 valence electrons. The molecule has 1 nitrogen and oxygen atoms in total. The summed E-state index contributed by atoms with van der Waals surface area (Å²) < 4.78 is 1.36. The minimum absolute atomic E-state index is 0.939. The zero-order valence-corrected chi connectivity index (χ0v) is 11.2.